The maximum Gasteiger partial charge on any atom is 0.309 e. The van der Waals surface area contributed by atoms with E-state index in [1.807, 2.05) is 38.1 Å². The summed E-state index contributed by atoms with van der Waals surface area (Å²) in [6, 6.07) is 7.46. The summed E-state index contributed by atoms with van der Waals surface area (Å²) in [7, 11) is 0. The number of ether oxygens (including phenoxy) is 2. The minimum atomic E-state index is -0.612. The topological polar surface area (TPSA) is 79.9 Å². The molecule has 2 amide bonds. The van der Waals surface area contributed by atoms with Gasteiger partial charge in [-0.3, -0.25) is 14.5 Å². The first-order chi connectivity index (χ1) is 12.5. The predicted octanol–water partition coefficient (Wildman–Crippen LogP) is 0.929. The van der Waals surface area contributed by atoms with Gasteiger partial charge in [0.25, 0.3) is 0 Å². The highest BCUT2D eigenvalue weighted by Crippen LogP contribution is 2.13. The van der Waals surface area contributed by atoms with Crippen LogP contribution in [0.15, 0.2) is 24.3 Å². The molecule has 26 heavy (non-hydrogen) atoms. The van der Waals surface area contributed by atoms with E-state index in [4.69, 9.17) is 9.47 Å². The number of nitrogens with zero attached hydrogens (tertiary/aromatic N) is 1. The van der Waals surface area contributed by atoms with Gasteiger partial charge in [-0.1, -0.05) is 12.1 Å². The minimum Gasteiger partial charge on any atom is -0.491 e. The van der Waals surface area contributed by atoms with Crippen LogP contribution in [0.25, 0.3) is 0 Å². The summed E-state index contributed by atoms with van der Waals surface area (Å²) in [6.07, 6.45) is 0.934. The fourth-order valence-electron chi connectivity index (χ4n) is 2.63. The Balaban J connectivity index is 1.61. The van der Waals surface area contributed by atoms with Crippen molar-refractivity contribution >= 4 is 11.8 Å². The van der Waals surface area contributed by atoms with Crippen molar-refractivity contribution in [3.05, 3.63) is 29.8 Å². The van der Waals surface area contributed by atoms with Gasteiger partial charge in [-0.05, 0) is 44.5 Å². The Hall–Kier alpha value is -2.12. The van der Waals surface area contributed by atoms with Crippen LogP contribution in [0.5, 0.6) is 5.75 Å². The van der Waals surface area contributed by atoms with E-state index in [-0.39, 0.29) is 6.10 Å². The monoisotopic (exact) mass is 363 g/mol. The molecule has 0 spiro atoms. The molecule has 2 rings (SSSR count). The van der Waals surface area contributed by atoms with Crippen molar-refractivity contribution in [3.63, 3.8) is 0 Å². The number of hydrogen-bond acceptors (Lipinski definition) is 5. The van der Waals surface area contributed by atoms with Gasteiger partial charge in [0.05, 0.1) is 19.3 Å². The maximum atomic E-state index is 11.8. The zero-order valence-electron chi connectivity index (χ0n) is 15.6. The molecule has 7 heteroatoms. The van der Waals surface area contributed by atoms with Gasteiger partial charge in [0, 0.05) is 26.2 Å². The van der Waals surface area contributed by atoms with Crippen LogP contribution in [0.2, 0.25) is 0 Å². The smallest absolute Gasteiger partial charge is 0.309 e. The van der Waals surface area contributed by atoms with Crippen LogP contribution in [0, 0.1) is 0 Å². The van der Waals surface area contributed by atoms with Gasteiger partial charge in [-0.2, -0.15) is 0 Å². The Morgan fingerprint density at radius 1 is 1.12 bits per heavy atom. The first-order valence-corrected chi connectivity index (χ1v) is 9.16. The summed E-state index contributed by atoms with van der Waals surface area (Å²) in [4.78, 5) is 26.0. The van der Waals surface area contributed by atoms with Crippen LogP contribution in [0.1, 0.15) is 25.8 Å². The average molecular weight is 363 g/mol. The molecule has 144 valence electrons. The lowest BCUT2D eigenvalue weighted by Crippen LogP contribution is -2.41. The van der Waals surface area contributed by atoms with E-state index < -0.39 is 11.8 Å². The SMILES string of the molecule is CC(C)Oc1ccc(CNC(=O)C(=O)NCCCN2CCOCC2)cc1. The second kappa shape index (κ2) is 10.8. The quantitative estimate of drug-likeness (QED) is 0.531. The third kappa shape index (κ3) is 7.41. The molecule has 1 aromatic carbocycles. The molecular formula is C19H29N3O4. The minimum absolute atomic E-state index is 0.118. The van der Waals surface area contributed by atoms with E-state index >= 15 is 0 Å². The van der Waals surface area contributed by atoms with Gasteiger partial charge in [0.15, 0.2) is 0 Å². The number of amides is 2. The lowest BCUT2D eigenvalue weighted by atomic mass is 10.2. The fraction of sp³-hybridized carbons (Fsp3) is 0.579. The highest BCUT2D eigenvalue weighted by atomic mass is 16.5. The molecule has 1 saturated heterocycles. The van der Waals surface area contributed by atoms with Crippen molar-refractivity contribution in [2.24, 2.45) is 0 Å². The Morgan fingerprint density at radius 2 is 1.77 bits per heavy atom. The summed E-state index contributed by atoms with van der Waals surface area (Å²) >= 11 is 0. The highest BCUT2D eigenvalue weighted by molar-refractivity contribution is 6.35. The molecule has 0 radical (unpaired) electrons. The third-order valence-electron chi connectivity index (χ3n) is 3.99. The number of nitrogens with one attached hydrogen (secondary N) is 2. The number of morpholine rings is 1. The van der Waals surface area contributed by atoms with Crippen LogP contribution in [-0.4, -0.2) is 62.2 Å². The molecule has 0 atom stereocenters. The second-order valence-electron chi connectivity index (χ2n) is 6.56. The Labute approximate surface area is 155 Å². The molecule has 0 aromatic heterocycles. The molecular weight excluding hydrogens is 334 g/mol. The Morgan fingerprint density at radius 3 is 2.42 bits per heavy atom. The molecule has 0 bridgehead atoms. The maximum absolute atomic E-state index is 11.8. The molecule has 0 aliphatic carbocycles. The van der Waals surface area contributed by atoms with Crippen molar-refractivity contribution < 1.29 is 19.1 Å². The summed E-state index contributed by atoms with van der Waals surface area (Å²) in [6.45, 7) is 9.01. The third-order valence-corrected chi connectivity index (χ3v) is 3.99. The zero-order valence-corrected chi connectivity index (χ0v) is 15.6. The van der Waals surface area contributed by atoms with Crippen LogP contribution >= 0.6 is 0 Å². The Kier molecular flexibility index (Phi) is 8.37. The molecule has 1 aliphatic heterocycles. The average Bonchev–Trinajstić information content (AvgIpc) is 2.64. The van der Waals surface area contributed by atoms with Crippen molar-refractivity contribution in [1.82, 2.24) is 15.5 Å². The van der Waals surface area contributed by atoms with Crippen LogP contribution in [0.4, 0.5) is 0 Å². The van der Waals surface area contributed by atoms with Crippen LogP contribution in [0.3, 0.4) is 0 Å². The lowest BCUT2D eigenvalue weighted by Gasteiger charge is -2.26. The van der Waals surface area contributed by atoms with Gasteiger partial charge >= 0.3 is 11.8 Å². The van der Waals surface area contributed by atoms with Gasteiger partial charge in [0.1, 0.15) is 5.75 Å². The molecule has 2 N–H and O–H groups in total. The molecule has 7 nitrogen and oxygen atoms in total. The number of carbonyl (C=O) groups is 2. The lowest BCUT2D eigenvalue weighted by molar-refractivity contribution is -0.139. The van der Waals surface area contributed by atoms with Gasteiger partial charge in [0.2, 0.25) is 0 Å². The van der Waals surface area contributed by atoms with E-state index in [0.29, 0.717) is 13.1 Å². The number of hydrogen-bond donors (Lipinski definition) is 2. The number of rotatable bonds is 8. The van der Waals surface area contributed by atoms with E-state index in [1.165, 1.54) is 0 Å². The van der Waals surface area contributed by atoms with E-state index in [0.717, 1.165) is 50.6 Å². The van der Waals surface area contributed by atoms with Crippen molar-refractivity contribution in [3.8, 4) is 5.75 Å². The predicted molar refractivity (Wildman–Crippen MR) is 98.9 cm³/mol. The normalized spacial score (nSPS) is 14.9. The van der Waals surface area contributed by atoms with Crippen LogP contribution in [-0.2, 0) is 20.9 Å². The summed E-state index contributed by atoms with van der Waals surface area (Å²) in [5.74, 6) is -0.418. The van der Waals surface area contributed by atoms with Crippen LogP contribution < -0.4 is 15.4 Å². The zero-order chi connectivity index (χ0) is 18.8. The van der Waals surface area contributed by atoms with Gasteiger partial charge < -0.3 is 20.1 Å². The molecule has 1 fully saturated rings. The summed E-state index contributed by atoms with van der Waals surface area (Å²) < 4.78 is 10.9. The van der Waals surface area contributed by atoms with Crippen molar-refractivity contribution in [2.45, 2.75) is 32.9 Å². The van der Waals surface area contributed by atoms with E-state index in [2.05, 4.69) is 15.5 Å². The largest absolute Gasteiger partial charge is 0.491 e. The van der Waals surface area contributed by atoms with Gasteiger partial charge in [-0.15, -0.1) is 0 Å². The standard InChI is InChI=1S/C19H29N3O4/c1-15(2)26-17-6-4-16(5-7-17)14-21-19(24)18(23)20-8-3-9-22-10-12-25-13-11-22/h4-7,15H,3,8-14H2,1-2H3,(H,20,23)(H,21,24). The van der Waals surface area contributed by atoms with E-state index in [1.54, 1.807) is 0 Å². The molecule has 1 heterocycles. The van der Waals surface area contributed by atoms with E-state index in [9.17, 15) is 9.59 Å². The van der Waals surface area contributed by atoms with Crippen molar-refractivity contribution in [2.75, 3.05) is 39.4 Å². The van der Waals surface area contributed by atoms with Gasteiger partial charge in [-0.25, -0.2) is 0 Å². The summed E-state index contributed by atoms with van der Waals surface area (Å²) in [5.41, 5.74) is 0.912. The second-order valence-corrected chi connectivity index (χ2v) is 6.56. The Bertz CT molecular complexity index is 569. The number of benzene rings is 1. The fourth-order valence-corrected chi connectivity index (χ4v) is 2.63. The summed E-state index contributed by atoms with van der Waals surface area (Å²) in [5, 5.41) is 5.29. The first kappa shape index (κ1) is 20.2. The van der Waals surface area contributed by atoms with Crippen molar-refractivity contribution in [1.29, 1.82) is 0 Å². The molecule has 0 unspecified atom stereocenters. The molecule has 0 saturated carbocycles. The first-order valence-electron chi connectivity index (χ1n) is 9.16. The molecule has 1 aromatic rings. The number of carbonyl (C=O) groups excluding carboxylic acids is 2. The highest BCUT2D eigenvalue weighted by Gasteiger charge is 2.13. The molecule has 1 aliphatic rings.